The Kier molecular flexibility index (Phi) is 6.55. The van der Waals surface area contributed by atoms with Gasteiger partial charge >= 0.3 is 0 Å². The molecule has 8 heteroatoms. The lowest BCUT2D eigenvalue weighted by atomic mass is 10.2. The summed E-state index contributed by atoms with van der Waals surface area (Å²) in [5.74, 6) is 0.137. The van der Waals surface area contributed by atoms with Crippen LogP contribution in [0, 0.1) is 13.8 Å². The monoisotopic (exact) mass is 443 g/mol. The maximum Gasteiger partial charge on any atom is 0.263 e. The molecular weight excluding hydrogens is 418 g/mol. The highest BCUT2D eigenvalue weighted by Gasteiger charge is 2.19. The van der Waals surface area contributed by atoms with Crippen molar-refractivity contribution in [3.05, 3.63) is 56.7 Å². The van der Waals surface area contributed by atoms with E-state index in [4.69, 9.17) is 9.72 Å². The van der Waals surface area contributed by atoms with Gasteiger partial charge in [-0.25, -0.2) is 4.98 Å². The first kappa shape index (κ1) is 21.1. The Bertz CT molecular complexity index is 1100. The number of nitrogens with zero attached hydrogens (tertiary/aromatic N) is 2. The third-order valence-corrected chi connectivity index (χ3v) is 7.40. The van der Waals surface area contributed by atoms with Crippen LogP contribution in [0.4, 0.5) is 0 Å². The number of hydrogen-bond donors (Lipinski definition) is 1. The molecule has 1 fully saturated rings. The highest BCUT2D eigenvalue weighted by molar-refractivity contribution is 7.99. The lowest BCUT2D eigenvalue weighted by Crippen LogP contribution is -2.33. The molecule has 0 radical (unpaired) electrons. The Balaban J connectivity index is 1.57. The van der Waals surface area contributed by atoms with Gasteiger partial charge in [-0.15, -0.1) is 11.3 Å². The summed E-state index contributed by atoms with van der Waals surface area (Å²) in [5, 5.41) is 4.19. The minimum absolute atomic E-state index is 0.0482. The van der Waals surface area contributed by atoms with E-state index in [2.05, 4.69) is 5.32 Å². The molecular formula is C22H25N3O3S2. The Morgan fingerprint density at radius 1 is 1.33 bits per heavy atom. The van der Waals surface area contributed by atoms with Gasteiger partial charge in [-0.1, -0.05) is 42.1 Å². The summed E-state index contributed by atoms with van der Waals surface area (Å²) in [6.07, 6.45) is 2.14. The number of nitrogens with one attached hydrogen (secondary N) is 1. The van der Waals surface area contributed by atoms with Crippen molar-refractivity contribution in [1.29, 1.82) is 0 Å². The van der Waals surface area contributed by atoms with Gasteiger partial charge in [-0.3, -0.25) is 14.2 Å². The molecule has 1 amide bonds. The van der Waals surface area contributed by atoms with E-state index in [-0.39, 0.29) is 23.3 Å². The second kappa shape index (κ2) is 9.32. The zero-order valence-corrected chi connectivity index (χ0v) is 18.8. The Hall–Kier alpha value is -2.16. The molecule has 0 saturated carbocycles. The zero-order chi connectivity index (χ0) is 21.1. The molecule has 2 aromatic heterocycles. The van der Waals surface area contributed by atoms with Crippen LogP contribution >= 0.6 is 23.1 Å². The van der Waals surface area contributed by atoms with Crippen LogP contribution < -0.4 is 10.9 Å². The molecule has 0 aliphatic carbocycles. The van der Waals surface area contributed by atoms with Crippen molar-refractivity contribution in [3.8, 4) is 0 Å². The molecule has 158 valence electrons. The van der Waals surface area contributed by atoms with Crippen molar-refractivity contribution in [3.63, 3.8) is 0 Å². The molecule has 4 rings (SSSR count). The van der Waals surface area contributed by atoms with E-state index in [9.17, 15) is 9.59 Å². The van der Waals surface area contributed by atoms with E-state index < -0.39 is 0 Å². The molecule has 3 aromatic rings. The molecule has 1 N–H and O–H groups in total. The number of fused-ring (bicyclic) bond motifs is 1. The summed E-state index contributed by atoms with van der Waals surface area (Å²) >= 11 is 2.84. The predicted molar refractivity (Wildman–Crippen MR) is 122 cm³/mol. The summed E-state index contributed by atoms with van der Waals surface area (Å²) in [6, 6.07) is 9.85. The maximum atomic E-state index is 13.3. The number of carbonyl (C=O) groups is 1. The van der Waals surface area contributed by atoms with Gasteiger partial charge in [0.1, 0.15) is 4.83 Å². The third-order valence-electron chi connectivity index (χ3n) is 5.32. The van der Waals surface area contributed by atoms with Gasteiger partial charge in [0.2, 0.25) is 5.91 Å². The molecule has 1 aromatic carbocycles. The minimum atomic E-state index is -0.0744. The molecule has 30 heavy (non-hydrogen) atoms. The van der Waals surface area contributed by atoms with E-state index >= 15 is 0 Å². The number of ether oxygens (including phenoxy) is 1. The maximum absolute atomic E-state index is 13.3. The van der Waals surface area contributed by atoms with E-state index in [1.807, 2.05) is 44.2 Å². The average Bonchev–Trinajstić information content (AvgIpc) is 3.36. The van der Waals surface area contributed by atoms with Gasteiger partial charge in [-0.05, 0) is 37.8 Å². The number of aromatic nitrogens is 2. The van der Waals surface area contributed by atoms with Gasteiger partial charge < -0.3 is 10.1 Å². The van der Waals surface area contributed by atoms with Gasteiger partial charge in [0, 0.05) is 18.0 Å². The number of amides is 1. The Morgan fingerprint density at radius 3 is 2.87 bits per heavy atom. The average molecular weight is 444 g/mol. The quantitative estimate of drug-likeness (QED) is 0.447. The number of carbonyl (C=O) groups excluding carboxylic acids is 1. The number of hydrogen-bond acceptors (Lipinski definition) is 6. The molecule has 1 aliphatic heterocycles. The fourth-order valence-corrected chi connectivity index (χ4v) is 5.44. The number of thioether (sulfide) groups is 1. The lowest BCUT2D eigenvalue weighted by Gasteiger charge is -2.13. The van der Waals surface area contributed by atoms with Crippen molar-refractivity contribution >= 4 is 39.2 Å². The standard InChI is InChI=1S/C22H25N3O3S2/c1-14-15(2)30-20-19(14)21(27)25(12-16-7-4-3-5-8-16)22(24-20)29-13-18(26)23-11-17-9-6-10-28-17/h3-5,7-8,17H,6,9-13H2,1-2H3,(H,23,26). The summed E-state index contributed by atoms with van der Waals surface area (Å²) in [6.45, 7) is 5.71. The van der Waals surface area contributed by atoms with Crippen LogP contribution in [-0.2, 0) is 16.1 Å². The molecule has 1 unspecified atom stereocenters. The molecule has 1 saturated heterocycles. The first-order valence-electron chi connectivity index (χ1n) is 10.1. The van der Waals surface area contributed by atoms with Crippen molar-refractivity contribution < 1.29 is 9.53 Å². The van der Waals surface area contributed by atoms with Crippen LogP contribution in [0.2, 0.25) is 0 Å². The SMILES string of the molecule is Cc1sc2nc(SCC(=O)NCC3CCCO3)n(Cc3ccccc3)c(=O)c2c1C. The first-order valence-corrected chi connectivity index (χ1v) is 11.9. The van der Waals surface area contributed by atoms with Crippen LogP contribution in [0.25, 0.3) is 10.2 Å². The summed E-state index contributed by atoms with van der Waals surface area (Å²) in [4.78, 5) is 32.3. The van der Waals surface area contributed by atoms with E-state index in [1.54, 1.807) is 4.57 Å². The van der Waals surface area contributed by atoms with Crippen molar-refractivity contribution in [2.24, 2.45) is 0 Å². The molecule has 0 bridgehead atoms. The summed E-state index contributed by atoms with van der Waals surface area (Å²) in [5.41, 5.74) is 1.96. The van der Waals surface area contributed by atoms with Crippen LogP contribution in [0.3, 0.4) is 0 Å². The van der Waals surface area contributed by atoms with Crippen molar-refractivity contribution in [2.45, 2.75) is 44.5 Å². The van der Waals surface area contributed by atoms with Crippen molar-refractivity contribution in [1.82, 2.24) is 14.9 Å². The van der Waals surface area contributed by atoms with Crippen molar-refractivity contribution in [2.75, 3.05) is 18.9 Å². The Labute approximate surface area is 183 Å². The number of aryl methyl sites for hydroxylation is 2. The highest BCUT2D eigenvalue weighted by Crippen LogP contribution is 2.28. The smallest absolute Gasteiger partial charge is 0.263 e. The number of rotatable bonds is 7. The molecule has 1 aliphatic rings. The third kappa shape index (κ3) is 4.61. The van der Waals surface area contributed by atoms with Crippen LogP contribution in [0.1, 0.15) is 28.8 Å². The zero-order valence-electron chi connectivity index (χ0n) is 17.1. The molecule has 6 nitrogen and oxygen atoms in total. The summed E-state index contributed by atoms with van der Waals surface area (Å²) in [7, 11) is 0. The fraction of sp³-hybridized carbons (Fsp3) is 0.409. The number of thiophene rings is 1. The topological polar surface area (TPSA) is 73.2 Å². The highest BCUT2D eigenvalue weighted by atomic mass is 32.2. The van der Waals surface area contributed by atoms with Gasteiger partial charge in [-0.2, -0.15) is 0 Å². The van der Waals surface area contributed by atoms with Gasteiger partial charge in [0.05, 0.1) is 23.8 Å². The number of benzene rings is 1. The fourth-order valence-electron chi connectivity index (χ4n) is 3.54. The first-order chi connectivity index (χ1) is 14.5. The van der Waals surface area contributed by atoms with E-state index in [1.165, 1.54) is 23.1 Å². The molecule has 0 spiro atoms. The minimum Gasteiger partial charge on any atom is -0.376 e. The van der Waals surface area contributed by atoms with Gasteiger partial charge in [0.15, 0.2) is 5.16 Å². The van der Waals surface area contributed by atoms with Crippen LogP contribution in [-0.4, -0.2) is 40.5 Å². The lowest BCUT2D eigenvalue weighted by molar-refractivity contribution is -0.119. The van der Waals surface area contributed by atoms with E-state index in [0.29, 0.717) is 23.6 Å². The summed E-state index contributed by atoms with van der Waals surface area (Å²) < 4.78 is 7.24. The molecule has 1 atom stereocenters. The second-order valence-corrected chi connectivity index (χ2v) is 9.61. The normalized spacial score (nSPS) is 16.3. The second-order valence-electron chi connectivity index (χ2n) is 7.46. The van der Waals surface area contributed by atoms with E-state index in [0.717, 1.165) is 40.3 Å². The van der Waals surface area contributed by atoms with Crippen LogP contribution in [0.5, 0.6) is 0 Å². The Morgan fingerprint density at radius 2 is 2.13 bits per heavy atom. The molecule has 3 heterocycles. The van der Waals surface area contributed by atoms with Gasteiger partial charge in [0.25, 0.3) is 5.56 Å². The predicted octanol–water partition coefficient (Wildman–Crippen LogP) is 3.51. The largest absolute Gasteiger partial charge is 0.376 e. The van der Waals surface area contributed by atoms with Crippen LogP contribution in [0.15, 0.2) is 40.3 Å².